The van der Waals surface area contributed by atoms with E-state index in [1.54, 1.807) is 0 Å². The van der Waals surface area contributed by atoms with Crippen molar-refractivity contribution < 1.29 is 13.6 Å². The first kappa shape index (κ1) is 17.5. The molecule has 0 unspecified atom stereocenters. The third-order valence-corrected chi connectivity index (χ3v) is 3.71. The Morgan fingerprint density at radius 2 is 1.73 bits per heavy atom. The second-order valence-corrected chi connectivity index (χ2v) is 5.81. The average Bonchev–Trinajstić information content (AvgIpc) is 2.60. The van der Waals surface area contributed by atoms with E-state index in [9.17, 15) is 13.6 Å². The maximum Gasteiger partial charge on any atom is 0.275 e. The van der Waals surface area contributed by atoms with Crippen LogP contribution in [0, 0.1) is 25.5 Å². The van der Waals surface area contributed by atoms with Crippen LogP contribution in [-0.2, 0) is 0 Å². The average molecular weight is 354 g/mol. The van der Waals surface area contributed by atoms with E-state index >= 15 is 0 Å². The van der Waals surface area contributed by atoms with E-state index in [0.717, 1.165) is 23.3 Å². The second kappa shape index (κ2) is 7.26. The van der Waals surface area contributed by atoms with Crippen molar-refractivity contribution in [2.45, 2.75) is 13.8 Å². The van der Waals surface area contributed by atoms with Gasteiger partial charge in [-0.2, -0.15) is 0 Å². The molecule has 0 bridgehead atoms. The molecule has 0 saturated heterocycles. The predicted molar refractivity (Wildman–Crippen MR) is 95.5 cm³/mol. The molecule has 5 nitrogen and oxygen atoms in total. The van der Waals surface area contributed by atoms with E-state index in [1.165, 1.54) is 18.5 Å². The molecule has 3 rings (SSSR count). The van der Waals surface area contributed by atoms with Gasteiger partial charge < -0.3 is 10.6 Å². The molecule has 0 saturated carbocycles. The quantitative estimate of drug-likeness (QED) is 0.730. The Bertz CT molecular complexity index is 958. The molecule has 1 heterocycles. The summed E-state index contributed by atoms with van der Waals surface area (Å²) in [6, 6.07) is 8.84. The number of aromatic nitrogens is 2. The molecule has 1 aromatic heterocycles. The van der Waals surface area contributed by atoms with Crippen molar-refractivity contribution in [2.24, 2.45) is 0 Å². The molecule has 1 amide bonds. The minimum absolute atomic E-state index is 0.0631. The lowest BCUT2D eigenvalue weighted by Crippen LogP contribution is -2.15. The fourth-order valence-corrected chi connectivity index (χ4v) is 2.38. The molecule has 3 aromatic rings. The third kappa shape index (κ3) is 4.00. The van der Waals surface area contributed by atoms with Crippen molar-refractivity contribution in [3.8, 4) is 0 Å². The smallest absolute Gasteiger partial charge is 0.275 e. The summed E-state index contributed by atoms with van der Waals surface area (Å²) >= 11 is 0. The molecule has 132 valence electrons. The number of hydrogen-bond acceptors (Lipinski definition) is 4. The molecule has 0 aliphatic carbocycles. The van der Waals surface area contributed by atoms with E-state index in [4.69, 9.17) is 0 Å². The van der Waals surface area contributed by atoms with Gasteiger partial charge in [-0.25, -0.2) is 18.7 Å². The van der Waals surface area contributed by atoms with Crippen molar-refractivity contribution in [1.29, 1.82) is 0 Å². The molecule has 0 fully saturated rings. The van der Waals surface area contributed by atoms with Crippen molar-refractivity contribution >= 4 is 23.1 Å². The summed E-state index contributed by atoms with van der Waals surface area (Å²) < 4.78 is 26.6. The largest absolute Gasteiger partial charge is 0.337 e. The van der Waals surface area contributed by atoms with E-state index in [0.29, 0.717) is 5.69 Å². The summed E-state index contributed by atoms with van der Waals surface area (Å²) in [6.07, 6.45) is 2.59. The Hall–Kier alpha value is -3.35. The topological polar surface area (TPSA) is 66.9 Å². The van der Waals surface area contributed by atoms with Gasteiger partial charge in [-0.05, 0) is 37.6 Å². The number of hydrogen-bond donors (Lipinski definition) is 2. The summed E-state index contributed by atoms with van der Waals surface area (Å²) in [4.78, 5) is 20.4. The second-order valence-electron chi connectivity index (χ2n) is 5.81. The van der Waals surface area contributed by atoms with Gasteiger partial charge in [0.15, 0.2) is 0 Å². The van der Waals surface area contributed by atoms with Crippen LogP contribution in [0.25, 0.3) is 0 Å². The van der Waals surface area contributed by atoms with Crippen LogP contribution in [0.1, 0.15) is 21.6 Å². The Kier molecular flexibility index (Phi) is 4.88. The van der Waals surface area contributed by atoms with E-state index < -0.39 is 17.5 Å². The SMILES string of the molecule is Cc1ccc(NC(=O)c2cnc(Nc3ccc(F)cc3F)cn2)c(C)c1. The van der Waals surface area contributed by atoms with Gasteiger partial charge in [-0.15, -0.1) is 0 Å². The molecule has 0 aliphatic heterocycles. The number of benzene rings is 2. The van der Waals surface area contributed by atoms with E-state index in [1.807, 2.05) is 32.0 Å². The number of rotatable bonds is 4. The van der Waals surface area contributed by atoms with Gasteiger partial charge in [0.05, 0.1) is 18.1 Å². The van der Waals surface area contributed by atoms with Crippen LogP contribution in [0.5, 0.6) is 0 Å². The maximum atomic E-state index is 13.6. The molecule has 0 spiro atoms. The van der Waals surface area contributed by atoms with Gasteiger partial charge in [-0.1, -0.05) is 17.7 Å². The molecular formula is C19H16F2N4O. The van der Waals surface area contributed by atoms with Crippen molar-refractivity contribution in [3.05, 3.63) is 77.2 Å². The minimum atomic E-state index is -0.747. The Balaban J connectivity index is 1.71. The van der Waals surface area contributed by atoms with Gasteiger partial charge >= 0.3 is 0 Å². The van der Waals surface area contributed by atoms with Crippen LogP contribution in [0.2, 0.25) is 0 Å². The molecule has 26 heavy (non-hydrogen) atoms. The van der Waals surface area contributed by atoms with Crippen LogP contribution in [0.4, 0.5) is 26.0 Å². The van der Waals surface area contributed by atoms with Crippen LogP contribution in [-0.4, -0.2) is 15.9 Å². The highest BCUT2D eigenvalue weighted by Crippen LogP contribution is 2.19. The first-order valence-corrected chi connectivity index (χ1v) is 7.85. The van der Waals surface area contributed by atoms with Crippen molar-refractivity contribution in [3.63, 3.8) is 0 Å². The summed E-state index contributed by atoms with van der Waals surface area (Å²) in [6.45, 7) is 3.87. The van der Waals surface area contributed by atoms with Crippen molar-refractivity contribution in [2.75, 3.05) is 10.6 Å². The first-order valence-electron chi connectivity index (χ1n) is 7.85. The third-order valence-electron chi connectivity index (χ3n) is 3.71. The number of anilines is 3. The highest BCUT2D eigenvalue weighted by molar-refractivity contribution is 6.03. The number of aryl methyl sites for hydroxylation is 2. The van der Waals surface area contributed by atoms with E-state index in [2.05, 4.69) is 20.6 Å². The zero-order valence-electron chi connectivity index (χ0n) is 14.2. The fraction of sp³-hybridized carbons (Fsp3) is 0.105. The summed E-state index contributed by atoms with van der Waals surface area (Å²) in [5, 5.41) is 5.46. The predicted octanol–water partition coefficient (Wildman–Crippen LogP) is 4.37. The minimum Gasteiger partial charge on any atom is -0.337 e. The highest BCUT2D eigenvalue weighted by Gasteiger charge is 2.11. The highest BCUT2D eigenvalue weighted by atomic mass is 19.1. The number of carbonyl (C=O) groups excluding carboxylic acids is 1. The zero-order chi connectivity index (χ0) is 18.7. The van der Waals surface area contributed by atoms with Crippen LogP contribution in [0.15, 0.2) is 48.8 Å². The lowest BCUT2D eigenvalue weighted by molar-refractivity contribution is 0.102. The number of nitrogens with zero attached hydrogens (tertiary/aromatic N) is 2. The van der Waals surface area contributed by atoms with Crippen LogP contribution < -0.4 is 10.6 Å². The zero-order valence-corrected chi connectivity index (χ0v) is 14.2. The number of carbonyl (C=O) groups is 1. The molecule has 0 atom stereocenters. The van der Waals surface area contributed by atoms with Crippen molar-refractivity contribution in [1.82, 2.24) is 9.97 Å². The molecule has 7 heteroatoms. The van der Waals surface area contributed by atoms with Gasteiger partial charge in [0, 0.05) is 11.8 Å². The molecular weight excluding hydrogens is 338 g/mol. The monoisotopic (exact) mass is 354 g/mol. The van der Waals surface area contributed by atoms with E-state index in [-0.39, 0.29) is 17.2 Å². The molecule has 0 radical (unpaired) electrons. The van der Waals surface area contributed by atoms with Gasteiger partial charge in [0.2, 0.25) is 0 Å². The number of nitrogens with one attached hydrogen (secondary N) is 2. The van der Waals surface area contributed by atoms with Gasteiger partial charge in [0.1, 0.15) is 23.1 Å². The Morgan fingerprint density at radius 1 is 0.962 bits per heavy atom. The normalized spacial score (nSPS) is 10.5. The molecule has 0 aliphatic rings. The standard InChI is InChI=1S/C19H16F2N4O/c1-11-3-5-15(12(2)7-11)25-19(26)17-9-23-18(10-22-17)24-16-6-4-13(20)8-14(16)21/h3-10H,1-2H3,(H,23,24)(H,25,26). The van der Waals surface area contributed by atoms with Crippen LogP contribution in [0.3, 0.4) is 0 Å². The number of amides is 1. The van der Waals surface area contributed by atoms with Gasteiger partial charge in [-0.3, -0.25) is 4.79 Å². The summed E-state index contributed by atoms with van der Waals surface area (Å²) in [5.41, 5.74) is 2.92. The van der Waals surface area contributed by atoms with Crippen LogP contribution >= 0.6 is 0 Å². The van der Waals surface area contributed by atoms with Gasteiger partial charge in [0.25, 0.3) is 5.91 Å². The fourth-order valence-electron chi connectivity index (χ4n) is 2.38. The number of halogens is 2. The molecule has 2 N–H and O–H groups in total. The lowest BCUT2D eigenvalue weighted by Gasteiger charge is -2.09. The molecule has 2 aromatic carbocycles. The Morgan fingerprint density at radius 3 is 2.38 bits per heavy atom. The first-order chi connectivity index (χ1) is 12.4. The lowest BCUT2D eigenvalue weighted by atomic mass is 10.1. The maximum absolute atomic E-state index is 13.6. The Labute approximate surface area is 149 Å². The summed E-state index contributed by atoms with van der Waals surface area (Å²) in [5.74, 6) is -1.58. The summed E-state index contributed by atoms with van der Waals surface area (Å²) in [7, 11) is 0.